The van der Waals surface area contributed by atoms with Crippen LogP contribution < -0.4 is 5.56 Å². The van der Waals surface area contributed by atoms with Crippen molar-refractivity contribution in [2.75, 3.05) is 0 Å². The summed E-state index contributed by atoms with van der Waals surface area (Å²) in [5.41, 5.74) is 2.84. The fourth-order valence-corrected chi connectivity index (χ4v) is 3.58. The first-order valence-corrected chi connectivity index (χ1v) is 9.89. The highest BCUT2D eigenvalue weighted by Gasteiger charge is 2.17. The zero-order chi connectivity index (χ0) is 20.2. The number of thiophene rings is 1. The summed E-state index contributed by atoms with van der Waals surface area (Å²) in [5.74, 6) is -0.351. The number of aromatic nitrogens is 1. The number of carbonyl (C=O) groups excluding carboxylic acids is 1. The Labute approximate surface area is 171 Å². The van der Waals surface area contributed by atoms with E-state index in [4.69, 9.17) is 0 Å². The van der Waals surface area contributed by atoms with Crippen LogP contribution in [-0.4, -0.2) is 10.8 Å². The maximum atomic E-state index is 12.8. The van der Waals surface area contributed by atoms with Gasteiger partial charge in [0.2, 0.25) is 0 Å². The summed E-state index contributed by atoms with van der Waals surface area (Å²) in [5, 5.41) is 10.6. The van der Waals surface area contributed by atoms with Crippen molar-refractivity contribution < 1.29 is 4.79 Å². The zero-order valence-corrected chi connectivity index (χ0v) is 16.4. The fraction of sp³-hybridized carbons (Fsp3) is 0.0435. The number of ketones is 1. The average molecular weight is 399 g/mol. The lowest BCUT2D eigenvalue weighted by atomic mass is 10.0. The quantitative estimate of drug-likeness (QED) is 0.327. The van der Waals surface area contributed by atoms with E-state index in [1.165, 1.54) is 17.4 Å². The summed E-state index contributed by atoms with van der Waals surface area (Å²) in [6, 6.07) is 21.6. The van der Waals surface area contributed by atoms with Crippen LogP contribution in [0.5, 0.6) is 0 Å². The molecule has 29 heavy (non-hydrogen) atoms. The second kappa shape index (κ2) is 8.16. The molecule has 2 aromatic carbocycles. The maximum absolute atomic E-state index is 12.8. The van der Waals surface area contributed by atoms with Crippen molar-refractivity contribution in [2.45, 2.75) is 6.92 Å². The number of aromatic amines is 1. The Bertz CT molecular complexity index is 1230. The number of carbonyl (C=O) groups is 1. The van der Waals surface area contributed by atoms with Crippen LogP contribution in [0.2, 0.25) is 0 Å². The van der Waals surface area contributed by atoms with Crippen molar-refractivity contribution in [1.82, 2.24) is 4.98 Å². The molecule has 0 aliphatic rings. The van der Waals surface area contributed by atoms with E-state index in [0.29, 0.717) is 22.6 Å². The van der Waals surface area contributed by atoms with Crippen molar-refractivity contribution in [3.8, 4) is 10.6 Å². The van der Waals surface area contributed by atoms with Gasteiger partial charge in [-0.25, -0.2) is 0 Å². The summed E-state index contributed by atoms with van der Waals surface area (Å²) in [6.45, 7) is 2.00. The molecule has 0 amide bonds. The lowest BCUT2D eigenvalue weighted by Crippen LogP contribution is -2.18. The zero-order valence-electron chi connectivity index (χ0n) is 15.6. The third-order valence-corrected chi connectivity index (χ3v) is 5.26. The summed E-state index contributed by atoms with van der Waals surface area (Å²) in [4.78, 5) is 29.2. The minimum absolute atomic E-state index is 0.0364. The van der Waals surface area contributed by atoms with Gasteiger partial charge in [0.1, 0.15) is 5.69 Å². The number of pyridine rings is 1. The van der Waals surface area contributed by atoms with E-state index < -0.39 is 5.56 Å². The van der Waals surface area contributed by atoms with E-state index in [2.05, 4.69) is 15.2 Å². The molecule has 0 radical (unpaired) electrons. The molecule has 0 saturated carbocycles. The third-order valence-electron chi connectivity index (χ3n) is 4.38. The standard InChI is InChI=1S/C23H17N3O2S/c1-15-9-11-17(12-10-15)25-26-19-14-18(22(27)16-6-3-2-4-7-16)23(28)24-21(19)20-8-5-13-29-20/h2-14H,1H3,(H,24,28). The highest BCUT2D eigenvalue weighted by Crippen LogP contribution is 2.32. The number of nitrogens with one attached hydrogen (secondary N) is 1. The molecule has 6 heteroatoms. The van der Waals surface area contributed by atoms with Gasteiger partial charge < -0.3 is 4.98 Å². The molecule has 0 bridgehead atoms. The maximum Gasteiger partial charge on any atom is 0.259 e. The van der Waals surface area contributed by atoms with Crippen LogP contribution in [0, 0.1) is 6.92 Å². The number of hydrogen-bond donors (Lipinski definition) is 1. The summed E-state index contributed by atoms with van der Waals surface area (Å²) < 4.78 is 0. The number of azo groups is 1. The molecule has 2 aromatic heterocycles. The predicted octanol–water partition coefficient (Wildman–Crippen LogP) is 6.06. The molecule has 2 heterocycles. The number of hydrogen-bond acceptors (Lipinski definition) is 5. The summed E-state index contributed by atoms with van der Waals surface area (Å²) >= 11 is 1.48. The minimum atomic E-state index is -0.448. The van der Waals surface area contributed by atoms with Crippen molar-refractivity contribution >= 4 is 28.5 Å². The van der Waals surface area contributed by atoms with Crippen LogP contribution in [0.25, 0.3) is 10.6 Å². The van der Waals surface area contributed by atoms with Gasteiger partial charge in [0.25, 0.3) is 5.56 Å². The summed E-state index contributed by atoms with van der Waals surface area (Å²) in [6.07, 6.45) is 0. The number of aryl methyl sites for hydroxylation is 1. The molecule has 1 N–H and O–H groups in total. The Balaban J connectivity index is 1.81. The van der Waals surface area contributed by atoms with E-state index >= 15 is 0 Å². The van der Waals surface area contributed by atoms with E-state index in [-0.39, 0.29) is 11.3 Å². The van der Waals surface area contributed by atoms with Crippen molar-refractivity contribution in [2.24, 2.45) is 10.2 Å². The molecule has 0 aliphatic heterocycles. The van der Waals surface area contributed by atoms with Gasteiger partial charge in [0.15, 0.2) is 5.78 Å². The Morgan fingerprint density at radius 2 is 1.69 bits per heavy atom. The van der Waals surface area contributed by atoms with Crippen molar-refractivity contribution in [1.29, 1.82) is 0 Å². The number of rotatable bonds is 5. The Kier molecular flexibility index (Phi) is 5.27. The van der Waals surface area contributed by atoms with Crippen LogP contribution in [0.3, 0.4) is 0 Å². The molecule has 0 unspecified atom stereocenters. The average Bonchev–Trinajstić information content (AvgIpc) is 3.28. The number of nitrogens with zero attached hydrogens (tertiary/aromatic N) is 2. The second-order valence-electron chi connectivity index (χ2n) is 6.48. The van der Waals surface area contributed by atoms with Crippen LogP contribution in [0.1, 0.15) is 21.5 Å². The lowest BCUT2D eigenvalue weighted by Gasteiger charge is -2.06. The third kappa shape index (κ3) is 4.12. The van der Waals surface area contributed by atoms with E-state index in [9.17, 15) is 9.59 Å². The molecule has 4 rings (SSSR count). The van der Waals surface area contributed by atoms with Crippen LogP contribution in [-0.2, 0) is 0 Å². The van der Waals surface area contributed by atoms with Crippen LogP contribution in [0.15, 0.2) is 93.2 Å². The molecular weight excluding hydrogens is 382 g/mol. The SMILES string of the molecule is Cc1ccc(N=Nc2cc(C(=O)c3ccccc3)c(=O)[nH]c2-c2cccs2)cc1. The van der Waals surface area contributed by atoms with Gasteiger partial charge in [-0.2, -0.15) is 5.11 Å². The highest BCUT2D eigenvalue weighted by atomic mass is 32.1. The van der Waals surface area contributed by atoms with E-state index in [1.54, 1.807) is 24.3 Å². The van der Waals surface area contributed by atoms with Gasteiger partial charge in [-0.3, -0.25) is 9.59 Å². The lowest BCUT2D eigenvalue weighted by molar-refractivity contribution is 0.103. The van der Waals surface area contributed by atoms with Gasteiger partial charge in [-0.15, -0.1) is 16.5 Å². The van der Waals surface area contributed by atoms with Crippen molar-refractivity contribution in [3.63, 3.8) is 0 Å². The van der Waals surface area contributed by atoms with Gasteiger partial charge in [0.05, 0.1) is 21.8 Å². The minimum Gasteiger partial charge on any atom is -0.319 e. The Morgan fingerprint density at radius 3 is 2.38 bits per heavy atom. The first-order valence-electron chi connectivity index (χ1n) is 9.01. The Morgan fingerprint density at radius 1 is 0.931 bits per heavy atom. The molecule has 142 valence electrons. The summed E-state index contributed by atoms with van der Waals surface area (Å²) in [7, 11) is 0. The smallest absolute Gasteiger partial charge is 0.259 e. The monoisotopic (exact) mass is 399 g/mol. The molecule has 0 atom stereocenters. The largest absolute Gasteiger partial charge is 0.319 e. The van der Waals surface area contributed by atoms with Gasteiger partial charge >= 0.3 is 0 Å². The molecule has 4 aromatic rings. The first kappa shape index (κ1) is 18.7. The molecule has 0 spiro atoms. The topological polar surface area (TPSA) is 74.7 Å². The molecule has 5 nitrogen and oxygen atoms in total. The molecule has 0 saturated heterocycles. The van der Waals surface area contributed by atoms with Gasteiger partial charge in [-0.1, -0.05) is 54.1 Å². The van der Waals surface area contributed by atoms with Gasteiger partial charge in [0, 0.05) is 5.56 Å². The molecule has 0 aliphatic carbocycles. The number of H-pyrrole nitrogens is 1. The fourth-order valence-electron chi connectivity index (χ4n) is 2.84. The number of benzene rings is 2. The van der Waals surface area contributed by atoms with E-state index in [0.717, 1.165) is 10.4 Å². The van der Waals surface area contributed by atoms with Crippen LogP contribution in [0.4, 0.5) is 11.4 Å². The molecule has 0 fully saturated rings. The first-order chi connectivity index (χ1) is 14.1. The normalized spacial score (nSPS) is 11.1. The van der Waals surface area contributed by atoms with Crippen LogP contribution >= 0.6 is 11.3 Å². The highest BCUT2D eigenvalue weighted by molar-refractivity contribution is 7.13. The second-order valence-corrected chi connectivity index (χ2v) is 7.43. The van der Waals surface area contributed by atoms with Gasteiger partial charge in [-0.05, 0) is 36.6 Å². The van der Waals surface area contributed by atoms with E-state index in [1.807, 2.05) is 54.8 Å². The predicted molar refractivity (Wildman–Crippen MR) is 116 cm³/mol. The molecular formula is C23H17N3O2S. The Hall–Kier alpha value is -3.64. The van der Waals surface area contributed by atoms with Crippen molar-refractivity contribution in [3.05, 3.63) is 105 Å².